The molecule has 1 unspecified atom stereocenters. The molecule has 0 amide bonds. The van der Waals surface area contributed by atoms with Crippen LogP contribution in [0.2, 0.25) is 0 Å². The van der Waals surface area contributed by atoms with E-state index in [1.165, 1.54) is 18.2 Å². The quantitative estimate of drug-likeness (QED) is 0.521. The van der Waals surface area contributed by atoms with E-state index >= 15 is 0 Å². The lowest BCUT2D eigenvalue weighted by molar-refractivity contribution is 0.119. The van der Waals surface area contributed by atoms with Crippen LogP contribution in [0.3, 0.4) is 0 Å². The molecule has 3 N–H and O–H groups in total. The average Bonchev–Trinajstić information content (AvgIpc) is 1.82. The van der Waals surface area contributed by atoms with Crippen LogP contribution >= 0.6 is 0 Å². The summed E-state index contributed by atoms with van der Waals surface area (Å²) in [5, 5.41) is 27.9. The summed E-state index contributed by atoms with van der Waals surface area (Å²) in [6.45, 7) is 1.76. The molecule has 0 radical (unpaired) electrons. The number of aliphatic hydroxyl groups excluding tert-OH is 2. The van der Waals surface area contributed by atoms with Crippen LogP contribution in [-0.4, -0.2) is 20.9 Å². The van der Waals surface area contributed by atoms with Crippen LogP contribution in [0.1, 0.15) is 13.3 Å². The molecule has 0 heterocycles. The van der Waals surface area contributed by atoms with Gasteiger partial charge in [-0.05, 0) is 13.0 Å². The summed E-state index contributed by atoms with van der Waals surface area (Å²) in [7, 11) is 0. The molecular formula is C9H12O3. The van der Waals surface area contributed by atoms with Crippen molar-refractivity contribution < 1.29 is 15.3 Å². The van der Waals surface area contributed by atoms with E-state index in [9.17, 15) is 5.11 Å². The highest BCUT2D eigenvalue weighted by molar-refractivity contribution is 5.30. The molecule has 0 aromatic rings. The third-order valence-corrected chi connectivity index (χ3v) is 1.63. The van der Waals surface area contributed by atoms with E-state index < -0.39 is 5.60 Å². The van der Waals surface area contributed by atoms with Crippen molar-refractivity contribution in [3.8, 4) is 0 Å². The Labute approximate surface area is 71.0 Å². The zero-order chi connectivity index (χ0) is 9.19. The molecule has 0 aromatic heterocycles. The van der Waals surface area contributed by atoms with Gasteiger partial charge < -0.3 is 15.3 Å². The Morgan fingerprint density at radius 3 is 2.67 bits per heavy atom. The summed E-state index contributed by atoms with van der Waals surface area (Å²) in [5.41, 5.74) is -1.24. The van der Waals surface area contributed by atoms with Gasteiger partial charge in [-0.3, -0.25) is 0 Å². The highest BCUT2D eigenvalue weighted by Gasteiger charge is 2.26. The first-order valence-corrected chi connectivity index (χ1v) is 3.73. The van der Waals surface area contributed by atoms with Gasteiger partial charge in [-0.1, -0.05) is 12.2 Å². The Kier molecular flexibility index (Phi) is 2.24. The van der Waals surface area contributed by atoms with Gasteiger partial charge in [-0.25, -0.2) is 0 Å². The van der Waals surface area contributed by atoms with E-state index in [4.69, 9.17) is 10.2 Å². The fraction of sp³-hybridized carbons (Fsp3) is 0.333. The highest BCUT2D eigenvalue weighted by Crippen LogP contribution is 2.25. The molecule has 3 heteroatoms. The topological polar surface area (TPSA) is 60.7 Å². The van der Waals surface area contributed by atoms with Crippen LogP contribution in [-0.2, 0) is 0 Å². The lowest BCUT2D eigenvalue weighted by Crippen LogP contribution is -2.26. The fourth-order valence-corrected chi connectivity index (χ4v) is 1.26. The Morgan fingerprint density at radius 2 is 2.17 bits per heavy atom. The van der Waals surface area contributed by atoms with Gasteiger partial charge in [0.25, 0.3) is 0 Å². The molecule has 12 heavy (non-hydrogen) atoms. The van der Waals surface area contributed by atoms with Gasteiger partial charge in [-0.15, -0.1) is 0 Å². The van der Waals surface area contributed by atoms with Crippen LogP contribution in [0.15, 0.2) is 35.8 Å². The first-order chi connectivity index (χ1) is 5.56. The molecule has 1 rings (SSSR count). The molecular weight excluding hydrogens is 156 g/mol. The lowest BCUT2D eigenvalue weighted by Gasteiger charge is -2.23. The first kappa shape index (κ1) is 8.87. The van der Waals surface area contributed by atoms with Gasteiger partial charge in [0.15, 0.2) is 0 Å². The molecule has 0 aliphatic heterocycles. The summed E-state index contributed by atoms with van der Waals surface area (Å²) in [6, 6.07) is 0. The summed E-state index contributed by atoms with van der Waals surface area (Å²) < 4.78 is 0. The predicted octanol–water partition coefficient (Wildman–Crippen LogP) is 1.58. The third kappa shape index (κ3) is 1.89. The SMILES string of the molecule is CC=CC1(O)C=C(O)C=C(O)C1. The smallest absolute Gasteiger partial charge is 0.118 e. The second-order valence-electron chi connectivity index (χ2n) is 2.87. The minimum atomic E-state index is -1.24. The van der Waals surface area contributed by atoms with Gasteiger partial charge in [0.1, 0.15) is 11.4 Å². The largest absolute Gasteiger partial charge is 0.512 e. The van der Waals surface area contributed by atoms with Crippen molar-refractivity contribution in [1.82, 2.24) is 0 Å². The summed E-state index contributed by atoms with van der Waals surface area (Å²) in [5.74, 6) is -0.130. The average molecular weight is 168 g/mol. The Balaban J connectivity index is 2.92. The zero-order valence-corrected chi connectivity index (χ0v) is 6.86. The first-order valence-electron chi connectivity index (χ1n) is 3.73. The van der Waals surface area contributed by atoms with Crippen LogP contribution in [0, 0.1) is 0 Å². The van der Waals surface area contributed by atoms with E-state index in [-0.39, 0.29) is 17.9 Å². The molecule has 0 aromatic carbocycles. The van der Waals surface area contributed by atoms with Crippen molar-refractivity contribution in [3.63, 3.8) is 0 Å². The van der Waals surface area contributed by atoms with Crippen LogP contribution < -0.4 is 0 Å². The third-order valence-electron chi connectivity index (χ3n) is 1.63. The molecule has 1 aliphatic carbocycles. The van der Waals surface area contributed by atoms with E-state index in [1.807, 2.05) is 0 Å². The van der Waals surface area contributed by atoms with E-state index in [0.29, 0.717) is 0 Å². The molecule has 3 nitrogen and oxygen atoms in total. The number of hydrogen-bond acceptors (Lipinski definition) is 3. The fourth-order valence-electron chi connectivity index (χ4n) is 1.26. The normalized spacial score (nSPS) is 30.2. The van der Waals surface area contributed by atoms with Gasteiger partial charge in [0, 0.05) is 12.5 Å². The lowest BCUT2D eigenvalue weighted by atomic mass is 9.93. The van der Waals surface area contributed by atoms with Crippen molar-refractivity contribution in [2.75, 3.05) is 0 Å². The molecule has 66 valence electrons. The molecule has 0 bridgehead atoms. The van der Waals surface area contributed by atoms with Crippen molar-refractivity contribution in [1.29, 1.82) is 0 Å². The summed E-state index contributed by atoms with van der Waals surface area (Å²) in [6.07, 6.45) is 5.82. The van der Waals surface area contributed by atoms with Crippen molar-refractivity contribution in [2.45, 2.75) is 18.9 Å². The number of rotatable bonds is 1. The van der Waals surface area contributed by atoms with Crippen LogP contribution in [0.25, 0.3) is 0 Å². The standard InChI is InChI=1S/C9H12O3/c1-2-3-9(12)5-7(10)4-8(11)6-9/h2-5,10-12H,6H2,1H3. The van der Waals surface area contributed by atoms with Gasteiger partial charge in [0.05, 0.1) is 5.76 Å². The van der Waals surface area contributed by atoms with E-state index in [1.54, 1.807) is 13.0 Å². The summed E-state index contributed by atoms with van der Waals surface area (Å²) in [4.78, 5) is 0. The molecule has 0 spiro atoms. The predicted molar refractivity (Wildman–Crippen MR) is 45.8 cm³/mol. The maximum Gasteiger partial charge on any atom is 0.118 e. The molecule has 0 saturated carbocycles. The number of aliphatic hydroxyl groups is 3. The minimum Gasteiger partial charge on any atom is -0.512 e. The second-order valence-corrected chi connectivity index (χ2v) is 2.87. The molecule has 1 atom stereocenters. The van der Waals surface area contributed by atoms with E-state index in [0.717, 1.165) is 0 Å². The van der Waals surface area contributed by atoms with Crippen molar-refractivity contribution in [2.24, 2.45) is 0 Å². The highest BCUT2D eigenvalue weighted by atomic mass is 16.3. The summed E-state index contributed by atoms with van der Waals surface area (Å²) >= 11 is 0. The van der Waals surface area contributed by atoms with Crippen LogP contribution in [0.5, 0.6) is 0 Å². The Hall–Kier alpha value is -1.22. The molecule has 0 saturated heterocycles. The minimum absolute atomic E-state index is 0.0180. The zero-order valence-electron chi connectivity index (χ0n) is 6.86. The van der Waals surface area contributed by atoms with Crippen molar-refractivity contribution in [3.05, 3.63) is 35.8 Å². The monoisotopic (exact) mass is 168 g/mol. The number of allylic oxidation sites excluding steroid dienone is 2. The Morgan fingerprint density at radius 1 is 1.50 bits per heavy atom. The second kappa shape index (κ2) is 3.03. The van der Waals surface area contributed by atoms with Gasteiger partial charge in [-0.2, -0.15) is 0 Å². The maximum absolute atomic E-state index is 9.69. The van der Waals surface area contributed by atoms with Crippen LogP contribution in [0.4, 0.5) is 0 Å². The van der Waals surface area contributed by atoms with Gasteiger partial charge >= 0.3 is 0 Å². The molecule has 0 fully saturated rings. The Bertz CT molecular complexity index is 263. The number of hydrogen-bond donors (Lipinski definition) is 3. The molecule has 1 aliphatic rings. The van der Waals surface area contributed by atoms with E-state index in [2.05, 4.69) is 0 Å². The maximum atomic E-state index is 9.69. The van der Waals surface area contributed by atoms with Gasteiger partial charge in [0.2, 0.25) is 0 Å². The van der Waals surface area contributed by atoms with Crippen molar-refractivity contribution >= 4 is 0 Å².